The molecule has 4 rings (SSSR count). The second-order valence-electron chi connectivity index (χ2n) is 6.02. The van der Waals surface area contributed by atoms with E-state index in [1.165, 1.54) is 11.7 Å². The second kappa shape index (κ2) is 8.43. The number of hydrogen-bond acceptors (Lipinski definition) is 7. The predicted octanol–water partition coefficient (Wildman–Crippen LogP) is 3.53. The molecule has 8 nitrogen and oxygen atoms in total. The Kier molecular flexibility index (Phi) is 5.55. The van der Waals surface area contributed by atoms with Crippen LogP contribution in [0.1, 0.15) is 16.1 Å². The van der Waals surface area contributed by atoms with Crippen LogP contribution in [-0.2, 0) is 6.54 Å². The standard InChI is InChI=1S/C19H13F2N5O3S/c20-14-8-12(18(27)25-28)9-15(21)16(14)30-19-24-23-17(11-3-5-22-6-4-11)26(19)10-13-2-1-7-29-13/h1-9,28H,10H2,(H,25,27). The van der Waals surface area contributed by atoms with Crippen molar-refractivity contribution in [3.63, 3.8) is 0 Å². The summed E-state index contributed by atoms with van der Waals surface area (Å²) < 4.78 is 36.1. The number of carbonyl (C=O) groups is 1. The first kappa shape index (κ1) is 19.7. The molecule has 0 aliphatic rings. The number of benzene rings is 1. The number of carbonyl (C=O) groups excluding carboxylic acids is 1. The topological polar surface area (TPSA) is 106 Å². The van der Waals surface area contributed by atoms with Crippen LogP contribution in [0.2, 0.25) is 0 Å². The minimum atomic E-state index is -1.02. The van der Waals surface area contributed by atoms with E-state index >= 15 is 0 Å². The zero-order valence-corrected chi connectivity index (χ0v) is 15.9. The lowest BCUT2D eigenvalue weighted by atomic mass is 10.2. The van der Waals surface area contributed by atoms with E-state index in [2.05, 4.69) is 15.2 Å². The van der Waals surface area contributed by atoms with Gasteiger partial charge in [-0.25, -0.2) is 14.3 Å². The van der Waals surface area contributed by atoms with E-state index in [1.54, 1.807) is 41.2 Å². The SMILES string of the molecule is O=C(NO)c1cc(F)c(Sc2nnc(-c3ccncc3)n2Cc2ccco2)c(F)c1. The number of hydrogen-bond donors (Lipinski definition) is 2. The van der Waals surface area contributed by atoms with Crippen molar-refractivity contribution in [3.8, 4) is 11.4 Å². The van der Waals surface area contributed by atoms with Crippen LogP contribution in [0.3, 0.4) is 0 Å². The molecule has 152 valence electrons. The Balaban J connectivity index is 1.74. The molecular formula is C19H13F2N5O3S. The highest BCUT2D eigenvalue weighted by molar-refractivity contribution is 7.99. The Morgan fingerprint density at radius 3 is 2.53 bits per heavy atom. The summed E-state index contributed by atoms with van der Waals surface area (Å²) in [6.45, 7) is 0.230. The van der Waals surface area contributed by atoms with Gasteiger partial charge in [0.05, 0.1) is 17.7 Å². The Labute approximate surface area is 172 Å². The first-order valence-corrected chi connectivity index (χ1v) is 9.35. The van der Waals surface area contributed by atoms with Crippen molar-refractivity contribution in [2.24, 2.45) is 0 Å². The molecule has 0 saturated heterocycles. The maximum absolute atomic E-state index is 14.5. The molecule has 0 bridgehead atoms. The third-order valence-electron chi connectivity index (χ3n) is 4.10. The zero-order chi connectivity index (χ0) is 21.1. The molecule has 0 spiro atoms. The van der Waals surface area contributed by atoms with Crippen molar-refractivity contribution in [2.75, 3.05) is 0 Å². The number of pyridine rings is 1. The minimum absolute atomic E-state index is 0.218. The minimum Gasteiger partial charge on any atom is -0.467 e. The molecule has 2 N–H and O–H groups in total. The summed E-state index contributed by atoms with van der Waals surface area (Å²) in [4.78, 5) is 15.0. The van der Waals surface area contributed by atoms with Gasteiger partial charge in [0.2, 0.25) is 0 Å². The van der Waals surface area contributed by atoms with Crippen LogP contribution in [0.15, 0.2) is 69.5 Å². The molecule has 0 radical (unpaired) electrons. The lowest BCUT2D eigenvalue weighted by Gasteiger charge is -2.10. The van der Waals surface area contributed by atoms with E-state index in [1.807, 2.05) is 0 Å². The average Bonchev–Trinajstić information content (AvgIpc) is 3.41. The van der Waals surface area contributed by atoms with E-state index in [0.717, 1.165) is 23.9 Å². The Morgan fingerprint density at radius 2 is 1.90 bits per heavy atom. The van der Waals surface area contributed by atoms with Crippen molar-refractivity contribution < 1.29 is 23.2 Å². The lowest BCUT2D eigenvalue weighted by Crippen LogP contribution is -2.19. The van der Waals surface area contributed by atoms with Crippen LogP contribution in [0.5, 0.6) is 0 Å². The van der Waals surface area contributed by atoms with Gasteiger partial charge in [0.1, 0.15) is 17.4 Å². The van der Waals surface area contributed by atoms with E-state index in [0.29, 0.717) is 17.1 Å². The second-order valence-corrected chi connectivity index (χ2v) is 7.00. The average molecular weight is 429 g/mol. The summed E-state index contributed by atoms with van der Waals surface area (Å²) in [7, 11) is 0. The van der Waals surface area contributed by atoms with Crippen molar-refractivity contribution in [1.82, 2.24) is 25.2 Å². The first-order valence-electron chi connectivity index (χ1n) is 8.54. The van der Waals surface area contributed by atoms with E-state index in [-0.39, 0.29) is 22.2 Å². The van der Waals surface area contributed by atoms with Gasteiger partial charge < -0.3 is 4.42 Å². The summed E-state index contributed by atoms with van der Waals surface area (Å²) in [5.41, 5.74) is 1.70. The maximum Gasteiger partial charge on any atom is 0.274 e. The van der Waals surface area contributed by atoms with Crippen molar-refractivity contribution in [2.45, 2.75) is 16.6 Å². The summed E-state index contributed by atoms with van der Waals surface area (Å²) >= 11 is 0.721. The molecule has 3 heterocycles. The number of amides is 1. The molecule has 0 fully saturated rings. The fourth-order valence-electron chi connectivity index (χ4n) is 2.72. The van der Waals surface area contributed by atoms with E-state index in [4.69, 9.17) is 9.62 Å². The molecule has 0 unspecified atom stereocenters. The van der Waals surface area contributed by atoms with Crippen molar-refractivity contribution >= 4 is 17.7 Å². The molecule has 0 aliphatic heterocycles. The predicted molar refractivity (Wildman–Crippen MR) is 101 cm³/mol. The highest BCUT2D eigenvalue weighted by Gasteiger charge is 2.21. The fourth-order valence-corrected chi connectivity index (χ4v) is 3.56. The third kappa shape index (κ3) is 3.93. The number of nitrogens with one attached hydrogen (secondary N) is 1. The molecule has 0 saturated carbocycles. The highest BCUT2D eigenvalue weighted by Crippen LogP contribution is 2.34. The van der Waals surface area contributed by atoms with Gasteiger partial charge in [0.25, 0.3) is 5.91 Å². The van der Waals surface area contributed by atoms with Crippen LogP contribution in [-0.4, -0.2) is 30.9 Å². The number of furan rings is 1. The van der Waals surface area contributed by atoms with Crippen LogP contribution in [0, 0.1) is 11.6 Å². The fraction of sp³-hybridized carbons (Fsp3) is 0.0526. The molecule has 11 heteroatoms. The number of nitrogens with zero attached hydrogens (tertiary/aromatic N) is 4. The molecule has 30 heavy (non-hydrogen) atoms. The van der Waals surface area contributed by atoms with Gasteiger partial charge in [0.15, 0.2) is 11.0 Å². The third-order valence-corrected chi connectivity index (χ3v) is 5.18. The van der Waals surface area contributed by atoms with Gasteiger partial charge >= 0.3 is 0 Å². The highest BCUT2D eigenvalue weighted by atomic mass is 32.2. The van der Waals surface area contributed by atoms with E-state index < -0.39 is 17.5 Å². The zero-order valence-electron chi connectivity index (χ0n) is 15.1. The molecule has 0 aliphatic carbocycles. The maximum atomic E-state index is 14.5. The molecule has 1 aromatic carbocycles. The van der Waals surface area contributed by atoms with Gasteiger partial charge in [0, 0.05) is 23.5 Å². The quantitative estimate of drug-likeness (QED) is 0.357. The van der Waals surface area contributed by atoms with Crippen LogP contribution < -0.4 is 5.48 Å². The largest absolute Gasteiger partial charge is 0.467 e. The number of halogens is 2. The van der Waals surface area contributed by atoms with Crippen LogP contribution in [0.25, 0.3) is 11.4 Å². The monoisotopic (exact) mass is 429 g/mol. The lowest BCUT2D eigenvalue weighted by molar-refractivity contribution is 0.0705. The molecule has 1 amide bonds. The van der Waals surface area contributed by atoms with Gasteiger partial charge in [-0.2, -0.15) is 0 Å². The number of rotatable bonds is 6. The van der Waals surface area contributed by atoms with Gasteiger partial charge in [-0.05, 0) is 48.2 Å². The first-order chi connectivity index (χ1) is 14.6. The molecule has 4 aromatic rings. The molecular weight excluding hydrogens is 416 g/mol. The summed E-state index contributed by atoms with van der Waals surface area (Å²) in [5.74, 6) is -1.91. The van der Waals surface area contributed by atoms with Crippen molar-refractivity contribution in [1.29, 1.82) is 0 Å². The summed E-state index contributed by atoms with van der Waals surface area (Å²) in [6, 6.07) is 8.61. The van der Waals surface area contributed by atoms with Gasteiger partial charge in [-0.1, -0.05) is 0 Å². The Morgan fingerprint density at radius 1 is 1.17 bits per heavy atom. The van der Waals surface area contributed by atoms with Gasteiger partial charge in [-0.3, -0.25) is 19.6 Å². The molecule has 0 atom stereocenters. The smallest absolute Gasteiger partial charge is 0.274 e. The van der Waals surface area contributed by atoms with E-state index in [9.17, 15) is 13.6 Å². The number of hydroxylamine groups is 1. The molecule has 3 aromatic heterocycles. The summed E-state index contributed by atoms with van der Waals surface area (Å²) in [6.07, 6.45) is 4.71. The number of aromatic nitrogens is 4. The van der Waals surface area contributed by atoms with Crippen LogP contribution >= 0.6 is 11.8 Å². The Hall–Kier alpha value is -3.57. The normalized spacial score (nSPS) is 10.9. The van der Waals surface area contributed by atoms with Crippen molar-refractivity contribution in [3.05, 3.63) is 78.0 Å². The Bertz CT molecular complexity index is 1160. The summed E-state index contributed by atoms with van der Waals surface area (Å²) in [5, 5.41) is 17.1. The van der Waals surface area contributed by atoms with Gasteiger partial charge in [-0.15, -0.1) is 10.2 Å². The van der Waals surface area contributed by atoms with Crippen LogP contribution in [0.4, 0.5) is 8.78 Å².